The van der Waals surface area contributed by atoms with Gasteiger partial charge in [0.1, 0.15) is 5.82 Å². The van der Waals surface area contributed by atoms with Gasteiger partial charge in [0.05, 0.1) is 17.1 Å². The highest BCUT2D eigenvalue weighted by molar-refractivity contribution is 5.88. The molecule has 3 heteroatoms. The Balaban J connectivity index is 1.60. The third kappa shape index (κ3) is 2.68. The summed E-state index contributed by atoms with van der Waals surface area (Å²) in [5.74, 6) is 0.809. The maximum absolute atomic E-state index is 6.69. The van der Waals surface area contributed by atoms with E-state index in [1.807, 2.05) is 6.07 Å². The maximum atomic E-state index is 6.69. The monoisotopic (exact) mass is 351 g/mol. The lowest BCUT2D eigenvalue weighted by atomic mass is 10.1. The van der Waals surface area contributed by atoms with Crippen molar-refractivity contribution in [3.63, 3.8) is 0 Å². The van der Waals surface area contributed by atoms with Crippen LogP contribution in [0.1, 0.15) is 11.1 Å². The van der Waals surface area contributed by atoms with Crippen LogP contribution in [-0.4, -0.2) is 6.54 Å². The van der Waals surface area contributed by atoms with Crippen LogP contribution in [-0.2, 0) is 6.54 Å². The summed E-state index contributed by atoms with van der Waals surface area (Å²) >= 11 is 0. The number of hydrogen-bond acceptors (Lipinski definition) is 3. The van der Waals surface area contributed by atoms with Crippen molar-refractivity contribution in [1.29, 1.82) is 0 Å². The molecule has 0 atom stereocenters. The first-order valence-electron chi connectivity index (χ1n) is 9.25. The number of fused-ring (bicyclic) bond motifs is 3. The molecular formula is C24H21N3. The molecule has 2 aliphatic rings. The van der Waals surface area contributed by atoms with E-state index in [1.165, 1.54) is 22.4 Å². The van der Waals surface area contributed by atoms with E-state index in [2.05, 4.69) is 94.7 Å². The molecule has 3 nitrogen and oxygen atoms in total. The van der Waals surface area contributed by atoms with Crippen LogP contribution in [0.4, 0.5) is 11.4 Å². The second-order valence-corrected chi connectivity index (χ2v) is 6.95. The largest absolute Gasteiger partial charge is 0.383 e. The minimum Gasteiger partial charge on any atom is -0.383 e. The lowest BCUT2D eigenvalue weighted by Crippen LogP contribution is -2.37. The van der Waals surface area contributed by atoms with Gasteiger partial charge in [0.15, 0.2) is 0 Å². The molecule has 0 aliphatic carbocycles. The van der Waals surface area contributed by atoms with E-state index < -0.39 is 0 Å². The predicted octanol–water partition coefficient (Wildman–Crippen LogP) is 4.74. The molecule has 0 unspecified atom stereocenters. The molecule has 2 N–H and O–H groups in total. The minimum atomic E-state index is 0.759. The normalized spacial score (nSPS) is 15.5. The molecule has 0 fully saturated rings. The summed E-state index contributed by atoms with van der Waals surface area (Å²) in [6.07, 6.45) is 2.23. The van der Waals surface area contributed by atoms with Gasteiger partial charge in [-0.2, -0.15) is 0 Å². The minimum absolute atomic E-state index is 0.759. The first-order valence-corrected chi connectivity index (χ1v) is 9.25. The molecule has 3 aromatic rings. The number of benzene rings is 3. The quantitative estimate of drug-likeness (QED) is 0.740. The molecular weight excluding hydrogens is 330 g/mol. The highest BCUT2D eigenvalue weighted by Gasteiger charge is 2.32. The molecule has 0 amide bonds. The fourth-order valence-electron chi connectivity index (χ4n) is 3.92. The van der Waals surface area contributed by atoms with Crippen LogP contribution in [0.2, 0.25) is 0 Å². The van der Waals surface area contributed by atoms with Crippen LogP contribution in [0, 0.1) is 0 Å². The number of hydrogen-bond donors (Lipinski definition) is 1. The summed E-state index contributed by atoms with van der Waals surface area (Å²) in [7, 11) is 0. The first kappa shape index (κ1) is 15.8. The van der Waals surface area contributed by atoms with E-state index in [9.17, 15) is 0 Å². The molecule has 0 spiro atoms. The van der Waals surface area contributed by atoms with Crippen LogP contribution in [0.25, 0.3) is 5.57 Å². The van der Waals surface area contributed by atoms with Gasteiger partial charge >= 0.3 is 0 Å². The number of rotatable bonds is 3. The smallest absolute Gasteiger partial charge is 0.128 e. The molecule has 132 valence electrons. The maximum Gasteiger partial charge on any atom is 0.128 e. The second-order valence-electron chi connectivity index (χ2n) is 6.95. The van der Waals surface area contributed by atoms with E-state index in [4.69, 9.17) is 5.73 Å². The van der Waals surface area contributed by atoms with Crippen LogP contribution >= 0.6 is 0 Å². The van der Waals surface area contributed by atoms with Crippen molar-refractivity contribution in [3.8, 4) is 0 Å². The van der Waals surface area contributed by atoms with Gasteiger partial charge in [-0.15, -0.1) is 0 Å². The van der Waals surface area contributed by atoms with Crippen LogP contribution in [0.5, 0.6) is 0 Å². The van der Waals surface area contributed by atoms with Crippen molar-refractivity contribution in [3.05, 3.63) is 114 Å². The molecule has 2 heterocycles. The molecule has 0 saturated heterocycles. The molecule has 5 rings (SSSR count). The van der Waals surface area contributed by atoms with E-state index in [0.29, 0.717) is 0 Å². The summed E-state index contributed by atoms with van der Waals surface area (Å²) in [5, 5.41) is 0. The van der Waals surface area contributed by atoms with Gasteiger partial charge in [0.25, 0.3) is 0 Å². The zero-order valence-electron chi connectivity index (χ0n) is 15.0. The Morgan fingerprint density at radius 2 is 1.37 bits per heavy atom. The predicted molar refractivity (Wildman–Crippen MR) is 112 cm³/mol. The van der Waals surface area contributed by atoms with Gasteiger partial charge in [-0.05, 0) is 34.9 Å². The average molecular weight is 351 g/mol. The van der Waals surface area contributed by atoms with Crippen LogP contribution in [0.15, 0.2) is 103 Å². The molecule has 0 saturated carbocycles. The standard InChI is InChI=1S/C24H21N3/c25-24-23-15-20(19-11-5-2-6-12-19)17-26(23)21-13-7-8-14-22(21)27(24)16-18-9-3-1-4-10-18/h1-15H,16-17,25H2. The summed E-state index contributed by atoms with van der Waals surface area (Å²) in [6, 6.07) is 29.5. The average Bonchev–Trinajstić information content (AvgIpc) is 3.19. The summed E-state index contributed by atoms with van der Waals surface area (Å²) < 4.78 is 0. The zero-order valence-corrected chi connectivity index (χ0v) is 15.0. The highest BCUT2D eigenvalue weighted by atomic mass is 15.3. The molecule has 0 bridgehead atoms. The highest BCUT2D eigenvalue weighted by Crippen LogP contribution is 2.43. The topological polar surface area (TPSA) is 32.5 Å². The number of nitrogens with zero attached hydrogens (tertiary/aromatic N) is 2. The molecule has 3 aromatic carbocycles. The Morgan fingerprint density at radius 1 is 0.741 bits per heavy atom. The second kappa shape index (κ2) is 6.36. The molecule has 0 aromatic heterocycles. The van der Waals surface area contributed by atoms with E-state index in [0.717, 1.165) is 30.3 Å². The molecule has 0 radical (unpaired) electrons. The van der Waals surface area contributed by atoms with Crippen LogP contribution in [0.3, 0.4) is 0 Å². The number of para-hydroxylation sites is 2. The van der Waals surface area contributed by atoms with Crippen LogP contribution < -0.4 is 15.5 Å². The number of allylic oxidation sites excluding steroid dienone is 1. The fourth-order valence-corrected chi connectivity index (χ4v) is 3.92. The van der Waals surface area contributed by atoms with Gasteiger partial charge in [0, 0.05) is 13.1 Å². The van der Waals surface area contributed by atoms with Crippen molar-refractivity contribution in [2.45, 2.75) is 6.54 Å². The Kier molecular flexibility index (Phi) is 3.72. The van der Waals surface area contributed by atoms with Crippen molar-refractivity contribution in [2.24, 2.45) is 5.73 Å². The van der Waals surface area contributed by atoms with Gasteiger partial charge in [-0.3, -0.25) is 0 Å². The molecule has 27 heavy (non-hydrogen) atoms. The number of nitrogens with two attached hydrogens (primary N) is 1. The van der Waals surface area contributed by atoms with Gasteiger partial charge in [-0.1, -0.05) is 72.8 Å². The lowest BCUT2D eigenvalue weighted by molar-refractivity contribution is 0.851. The summed E-state index contributed by atoms with van der Waals surface area (Å²) in [5.41, 5.74) is 13.9. The third-order valence-electron chi connectivity index (χ3n) is 5.27. The fraction of sp³-hybridized carbons (Fsp3) is 0.0833. The van der Waals surface area contributed by atoms with Crippen molar-refractivity contribution >= 4 is 16.9 Å². The van der Waals surface area contributed by atoms with Gasteiger partial charge in [-0.25, -0.2) is 0 Å². The van der Waals surface area contributed by atoms with E-state index >= 15 is 0 Å². The van der Waals surface area contributed by atoms with Crippen molar-refractivity contribution in [2.75, 3.05) is 16.3 Å². The SMILES string of the molecule is NC1=C2C=C(c3ccccc3)CN2c2ccccc2N1Cc1ccccc1. The zero-order chi connectivity index (χ0) is 18.2. The van der Waals surface area contributed by atoms with Gasteiger partial charge < -0.3 is 15.5 Å². The van der Waals surface area contributed by atoms with E-state index in [-0.39, 0.29) is 0 Å². The first-order chi connectivity index (χ1) is 13.3. The Labute approximate surface area is 159 Å². The van der Waals surface area contributed by atoms with Crippen molar-refractivity contribution < 1.29 is 0 Å². The van der Waals surface area contributed by atoms with Crippen molar-refractivity contribution in [1.82, 2.24) is 0 Å². The lowest BCUT2D eigenvalue weighted by Gasteiger charge is -2.37. The Hall–Kier alpha value is -3.46. The molecule has 2 aliphatic heterocycles. The summed E-state index contributed by atoms with van der Waals surface area (Å²) in [6.45, 7) is 1.60. The third-order valence-corrected chi connectivity index (χ3v) is 5.27. The van der Waals surface area contributed by atoms with E-state index in [1.54, 1.807) is 0 Å². The number of anilines is 2. The van der Waals surface area contributed by atoms with Gasteiger partial charge in [0.2, 0.25) is 0 Å². The Bertz CT molecular complexity index is 1040. The Morgan fingerprint density at radius 3 is 2.11 bits per heavy atom. The summed E-state index contributed by atoms with van der Waals surface area (Å²) in [4.78, 5) is 4.55.